The van der Waals surface area contributed by atoms with Crippen molar-refractivity contribution in [1.82, 2.24) is 9.88 Å². The highest BCUT2D eigenvalue weighted by molar-refractivity contribution is 5.79. The molecular weight excluding hydrogens is 250 g/mol. The molecule has 1 amide bonds. The van der Waals surface area contributed by atoms with E-state index in [0.29, 0.717) is 13.0 Å². The molecule has 0 aliphatic heterocycles. The molecule has 0 saturated carbocycles. The first-order valence-corrected chi connectivity index (χ1v) is 7.32. The normalized spacial score (nSPS) is 10.8. The highest BCUT2D eigenvalue weighted by atomic mass is 16.1. The molecule has 0 atom stereocenters. The zero-order valence-corrected chi connectivity index (χ0v) is 11.8. The monoisotopic (exact) mass is 273 g/mol. The molecule has 0 fully saturated rings. The van der Waals surface area contributed by atoms with Crippen LogP contribution in [0.25, 0.3) is 10.9 Å². The Kier molecular flexibility index (Phi) is 5.62. The Morgan fingerprint density at radius 1 is 1.15 bits per heavy atom. The SMILES string of the molecule is NCCCCC(=O)NCCCn1ccc2ccccc21. The van der Waals surface area contributed by atoms with E-state index in [1.165, 1.54) is 10.9 Å². The van der Waals surface area contributed by atoms with Crippen molar-refractivity contribution in [2.75, 3.05) is 13.1 Å². The van der Waals surface area contributed by atoms with Gasteiger partial charge in [0.25, 0.3) is 0 Å². The van der Waals surface area contributed by atoms with Gasteiger partial charge in [-0.3, -0.25) is 4.79 Å². The number of benzene rings is 1. The van der Waals surface area contributed by atoms with Crippen molar-refractivity contribution >= 4 is 16.8 Å². The Bertz CT molecular complexity index is 547. The fourth-order valence-corrected chi connectivity index (χ4v) is 2.33. The largest absolute Gasteiger partial charge is 0.356 e. The molecule has 1 aromatic heterocycles. The van der Waals surface area contributed by atoms with Crippen LogP contribution in [0.2, 0.25) is 0 Å². The predicted molar refractivity (Wildman–Crippen MR) is 82.5 cm³/mol. The van der Waals surface area contributed by atoms with E-state index in [4.69, 9.17) is 5.73 Å². The first-order valence-electron chi connectivity index (χ1n) is 7.32. The number of hydrogen-bond acceptors (Lipinski definition) is 2. The zero-order chi connectivity index (χ0) is 14.2. The third-order valence-corrected chi connectivity index (χ3v) is 3.44. The minimum Gasteiger partial charge on any atom is -0.356 e. The second-order valence-electron chi connectivity index (χ2n) is 5.02. The van der Waals surface area contributed by atoms with Crippen LogP contribution in [0.3, 0.4) is 0 Å². The summed E-state index contributed by atoms with van der Waals surface area (Å²) in [6, 6.07) is 10.5. The summed E-state index contributed by atoms with van der Waals surface area (Å²) in [4.78, 5) is 11.5. The van der Waals surface area contributed by atoms with Crippen molar-refractivity contribution in [3.05, 3.63) is 36.5 Å². The van der Waals surface area contributed by atoms with E-state index in [2.05, 4.69) is 40.3 Å². The summed E-state index contributed by atoms with van der Waals surface area (Å²) >= 11 is 0. The molecule has 4 nitrogen and oxygen atoms in total. The Balaban J connectivity index is 1.70. The van der Waals surface area contributed by atoms with Gasteiger partial charge in [-0.2, -0.15) is 0 Å². The van der Waals surface area contributed by atoms with Gasteiger partial charge < -0.3 is 15.6 Å². The Morgan fingerprint density at radius 2 is 2.00 bits per heavy atom. The number of rotatable bonds is 8. The summed E-state index contributed by atoms with van der Waals surface area (Å²) in [5, 5.41) is 4.22. The lowest BCUT2D eigenvalue weighted by molar-refractivity contribution is -0.121. The van der Waals surface area contributed by atoms with Gasteiger partial charge in [0.1, 0.15) is 0 Å². The lowest BCUT2D eigenvalue weighted by Gasteiger charge is -2.07. The van der Waals surface area contributed by atoms with Gasteiger partial charge in [-0.25, -0.2) is 0 Å². The lowest BCUT2D eigenvalue weighted by atomic mass is 10.2. The van der Waals surface area contributed by atoms with Gasteiger partial charge in [0.2, 0.25) is 5.91 Å². The summed E-state index contributed by atoms with van der Waals surface area (Å²) in [5.74, 6) is 0.135. The predicted octanol–water partition coefficient (Wildman–Crippen LogP) is 2.28. The van der Waals surface area contributed by atoms with Crippen LogP contribution in [-0.4, -0.2) is 23.6 Å². The molecule has 108 valence electrons. The van der Waals surface area contributed by atoms with Crippen LogP contribution in [-0.2, 0) is 11.3 Å². The number of nitrogens with one attached hydrogen (secondary N) is 1. The number of para-hydroxylation sites is 1. The van der Waals surface area contributed by atoms with Gasteiger partial charge in [-0.05, 0) is 43.3 Å². The van der Waals surface area contributed by atoms with E-state index in [9.17, 15) is 4.79 Å². The average Bonchev–Trinajstić information content (AvgIpc) is 2.87. The van der Waals surface area contributed by atoms with Crippen molar-refractivity contribution in [2.45, 2.75) is 32.2 Å². The third kappa shape index (κ3) is 4.10. The fourth-order valence-electron chi connectivity index (χ4n) is 2.33. The minimum absolute atomic E-state index is 0.135. The number of aryl methyl sites for hydroxylation is 1. The molecule has 0 aliphatic rings. The number of amides is 1. The molecule has 0 aliphatic carbocycles. The van der Waals surface area contributed by atoms with Crippen molar-refractivity contribution in [3.8, 4) is 0 Å². The zero-order valence-electron chi connectivity index (χ0n) is 11.8. The molecule has 2 rings (SSSR count). The number of carbonyl (C=O) groups excluding carboxylic acids is 1. The molecule has 0 radical (unpaired) electrons. The number of nitrogens with zero attached hydrogens (tertiary/aromatic N) is 1. The van der Waals surface area contributed by atoms with E-state index >= 15 is 0 Å². The molecule has 0 bridgehead atoms. The van der Waals surface area contributed by atoms with Crippen molar-refractivity contribution in [3.63, 3.8) is 0 Å². The maximum Gasteiger partial charge on any atom is 0.219 e. The number of hydrogen-bond donors (Lipinski definition) is 2. The van der Waals surface area contributed by atoms with Gasteiger partial charge in [-0.15, -0.1) is 0 Å². The molecule has 4 heteroatoms. The highest BCUT2D eigenvalue weighted by Gasteiger charge is 2.01. The molecule has 0 unspecified atom stereocenters. The van der Waals surface area contributed by atoms with Crippen LogP contribution in [0.5, 0.6) is 0 Å². The van der Waals surface area contributed by atoms with Crippen LogP contribution in [0, 0.1) is 0 Å². The van der Waals surface area contributed by atoms with E-state index < -0.39 is 0 Å². The van der Waals surface area contributed by atoms with Crippen LogP contribution in [0.4, 0.5) is 0 Å². The second-order valence-corrected chi connectivity index (χ2v) is 5.02. The minimum atomic E-state index is 0.135. The number of unbranched alkanes of at least 4 members (excludes halogenated alkanes) is 1. The molecule has 3 N–H and O–H groups in total. The summed E-state index contributed by atoms with van der Waals surface area (Å²) < 4.78 is 2.23. The quantitative estimate of drug-likeness (QED) is 0.725. The molecule has 20 heavy (non-hydrogen) atoms. The van der Waals surface area contributed by atoms with Crippen LogP contribution in [0.1, 0.15) is 25.7 Å². The number of carbonyl (C=O) groups is 1. The van der Waals surface area contributed by atoms with Gasteiger partial charge >= 0.3 is 0 Å². The summed E-state index contributed by atoms with van der Waals surface area (Å²) in [7, 11) is 0. The van der Waals surface area contributed by atoms with Crippen molar-refractivity contribution in [2.24, 2.45) is 5.73 Å². The molecular formula is C16H23N3O. The smallest absolute Gasteiger partial charge is 0.219 e. The average molecular weight is 273 g/mol. The van der Waals surface area contributed by atoms with Crippen molar-refractivity contribution < 1.29 is 4.79 Å². The molecule has 1 aromatic carbocycles. The first-order chi connectivity index (χ1) is 9.81. The highest BCUT2D eigenvalue weighted by Crippen LogP contribution is 2.15. The Hall–Kier alpha value is -1.81. The summed E-state index contributed by atoms with van der Waals surface area (Å²) in [6.07, 6.45) is 5.44. The lowest BCUT2D eigenvalue weighted by Crippen LogP contribution is -2.25. The van der Waals surface area contributed by atoms with E-state index in [0.717, 1.165) is 32.4 Å². The third-order valence-electron chi connectivity index (χ3n) is 3.44. The maximum absolute atomic E-state index is 11.5. The first kappa shape index (κ1) is 14.6. The Morgan fingerprint density at radius 3 is 2.85 bits per heavy atom. The standard InChI is InChI=1S/C16H23N3O/c17-10-4-3-8-16(20)18-11-5-12-19-13-9-14-6-1-2-7-15(14)19/h1-2,6-7,9,13H,3-5,8,10-12,17H2,(H,18,20). The second kappa shape index (κ2) is 7.70. The van der Waals surface area contributed by atoms with Crippen LogP contribution < -0.4 is 11.1 Å². The van der Waals surface area contributed by atoms with E-state index in [-0.39, 0.29) is 5.91 Å². The van der Waals surface area contributed by atoms with Gasteiger partial charge in [0, 0.05) is 31.2 Å². The summed E-state index contributed by atoms with van der Waals surface area (Å²) in [6.45, 7) is 2.32. The Labute approximate surface area is 120 Å². The fraction of sp³-hybridized carbons (Fsp3) is 0.438. The van der Waals surface area contributed by atoms with Gasteiger partial charge in [-0.1, -0.05) is 18.2 Å². The maximum atomic E-state index is 11.5. The molecule has 1 heterocycles. The van der Waals surface area contributed by atoms with Gasteiger partial charge in [0.15, 0.2) is 0 Å². The number of nitrogens with two attached hydrogens (primary N) is 1. The topological polar surface area (TPSA) is 60.1 Å². The van der Waals surface area contributed by atoms with Crippen molar-refractivity contribution in [1.29, 1.82) is 0 Å². The van der Waals surface area contributed by atoms with Gasteiger partial charge in [0.05, 0.1) is 0 Å². The molecule has 2 aromatic rings. The van der Waals surface area contributed by atoms with E-state index in [1.807, 2.05) is 6.07 Å². The molecule has 0 saturated heterocycles. The van der Waals surface area contributed by atoms with E-state index in [1.54, 1.807) is 0 Å². The number of fused-ring (bicyclic) bond motifs is 1. The molecule has 0 spiro atoms. The summed E-state index contributed by atoms with van der Waals surface area (Å²) in [5.41, 5.74) is 6.65. The number of aromatic nitrogens is 1. The van der Waals surface area contributed by atoms with Crippen LogP contribution in [0.15, 0.2) is 36.5 Å². The van der Waals surface area contributed by atoms with Crippen LogP contribution >= 0.6 is 0 Å².